The van der Waals surface area contributed by atoms with E-state index in [4.69, 9.17) is 11.6 Å². The van der Waals surface area contributed by atoms with Gasteiger partial charge in [0.2, 0.25) is 0 Å². The van der Waals surface area contributed by atoms with Crippen LogP contribution in [-0.4, -0.2) is 31.1 Å². The van der Waals surface area contributed by atoms with Crippen LogP contribution in [0.5, 0.6) is 0 Å². The molecule has 0 spiro atoms. The molecule has 0 bridgehead atoms. The van der Waals surface area contributed by atoms with Gasteiger partial charge >= 0.3 is 0 Å². The number of rotatable bonds is 7. The summed E-state index contributed by atoms with van der Waals surface area (Å²) in [5, 5.41) is 4.36. The first-order valence-corrected chi connectivity index (χ1v) is 7.12. The molecule has 1 aromatic carbocycles. The molecule has 0 aliphatic carbocycles. The highest BCUT2D eigenvalue weighted by Gasteiger charge is 2.10. The van der Waals surface area contributed by atoms with E-state index >= 15 is 0 Å². The zero-order valence-electron chi connectivity index (χ0n) is 11.9. The Bertz CT molecular complexity index is 354. The van der Waals surface area contributed by atoms with Gasteiger partial charge in [0.25, 0.3) is 0 Å². The van der Waals surface area contributed by atoms with Crippen molar-refractivity contribution < 1.29 is 0 Å². The van der Waals surface area contributed by atoms with Gasteiger partial charge in [0, 0.05) is 30.2 Å². The van der Waals surface area contributed by atoms with Crippen molar-refractivity contribution in [3.05, 3.63) is 34.9 Å². The molecule has 0 amide bonds. The molecule has 0 saturated carbocycles. The van der Waals surface area contributed by atoms with Crippen molar-refractivity contribution in [3.8, 4) is 0 Å². The SMILES string of the molecule is CCC(C)N(C)CCNC(C)c1ccccc1Cl. The average Bonchev–Trinajstić information content (AvgIpc) is 2.37. The highest BCUT2D eigenvalue weighted by atomic mass is 35.5. The Morgan fingerprint density at radius 3 is 2.56 bits per heavy atom. The van der Waals surface area contributed by atoms with Gasteiger partial charge in [-0.05, 0) is 38.9 Å². The number of hydrogen-bond donors (Lipinski definition) is 1. The molecule has 1 aromatic rings. The lowest BCUT2D eigenvalue weighted by atomic mass is 10.1. The smallest absolute Gasteiger partial charge is 0.0453 e. The van der Waals surface area contributed by atoms with E-state index in [1.54, 1.807) is 0 Å². The van der Waals surface area contributed by atoms with Gasteiger partial charge < -0.3 is 10.2 Å². The molecule has 0 saturated heterocycles. The first kappa shape index (κ1) is 15.5. The first-order chi connectivity index (χ1) is 8.56. The van der Waals surface area contributed by atoms with Crippen LogP contribution in [0.25, 0.3) is 0 Å². The molecule has 102 valence electrons. The topological polar surface area (TPSA) is 15.3 Å². The van der Waals surface area contributed by atoms with E-state index < -0.39 is 0 Å². The van der Waals surface area contributed by atoms with Gasteiger partial charge in [0.05, 0.1) is 0 Å². The normalized spacial score (nSPS) is 14.8. The average molecular weight is 269 g/mol. The summed E-state index contributed by atoms with van der Waals surface area (Å²) in [5.74, 6) is 0. The highest BCUT2D eigenvalue weighted by molar-refractivity contribution is 6.31. The molecule has 2 unspecified atom stereocenters. The zero-order chi connectivity index (χ0) is 13.5. The Labute approximate surface area is 116 Å². The Hall–Kier alpha value is -0.570. The molecular weight excluding hydrogens is 244 g/mol. The van der Waals surface area contributed by atoms with Crippen LogP contribution in [0.3, 0.4) is 0 Å². The van der Waals surface area contributed by atoms with Gasteiger partial charge in [0.1, 0.15) is 0 Å². The number of nitrogens with one attached hydrogen (secondary N) is 1. The van der Waals surface area contributed by atoms with Crippen LogP contribution in [0.2, 0.25) is 5.02 Å². The molecule has 0 radical (unpaired) electrons. The largest absolute Gasteiger partial charge is 0.309 e. The molecule has 2 atom stereocenters. The van der Waals surface area contributed by atoms with Crippen LogP contribution in [0.1, 0.15) is 38.8 Å². The van der Waals surface area contributed by atoms with Crippen molar-refractivity contribution >= 4 is 11.6 Å². The summed E-state index contributed by atoms with van der Waals surface area (Å²) in [5.41, 5.74) is 1.17. The lowest BCUT2D eigenvalue weighted by molar-refractivity contribution is 0.249. The third-order valence-electron chi connectivity index (χ3n) is 3.63. The predicted octanol–water partition coefficient (Wildman–Crippen LogP) is 3.72. The molecule has 2 nitrogen and oxygen atoms in total. The quantitative estimate of drug-likeness (QED) is 0.811. The van der Waals surface area contributed by atoms with E-state index in [1.165, 1.54) is 12.0 Å². The fourth-order valence-corrected chi connectivity index (χ4v) is 2.23. The van der Waals surface area contributed by atoms with E-state index in [9.17, 15) is 0 Å². The van der Waals surface area contributed by atoms with Crippen LogP contribution in [0, 0.1) is 0 Å². The fourth-order valence-electron chi connectivity index (χ4n) is 1.93. The van der Waals surface area contributed by atoms with E-state index in [1.807, 2.05) is 18.2 Å². The van der Waals surface area contributed by atoms with E-state index in [0.29, 0.717) is 12.1 Å². The van der Waals surface area contributed by atoms with Gasteiger partial charge in [-0.3, -0.25) is 0 Å². The fraction of sp³-hybridized carbons (Fsp3) is 0.600. The summed E-state index contributed by atoms with van der Waals surface area (Å²) in [6, 6.07) is 8.96. The molecule has 0 fully saturated rings. The van der Waals surface area contributed by atoms with Crippen LogP contribution in [0.4, 0.5) is 0 Å². The Morgan fingerprint density at radius 2 is 1.94 bits per heavy atom. The summed E-state index contributed by atoms with van der Waals surface area (Å²) in [7, 11) is 2.18. The second-order valence-corrected chi connectivity index (χ2v) is 5.34. The molecule has 1 rings (SSSR count). The molecule has 0 aromatic heterocycles. The van der Waals surface area contributed by atoms with Crippen molar-refractivity contribution in [3.63, 3.8) is 0 Å². The maximum atomic E-state index is 6.18. The highest BCUT2D eigenvalue weighted by Crippen LogP contribution is 2.21. The van der Waals surface area contributed by atoms with Crippen LogP contribution < -0.4 is 5.32 Å². The molecule has 1 N–H and O–H groups in total. The zero-order valence-corrected chi connectivity index (χ0v) is 12.7. The van der Waals surface area contributed by atoms with E-state index in [0.717, 1.165) is 18.1 Å². The summed E-state index contributed by atoms with van der Waals surface area (Å²) < 4.78 is 0. The summed E-state index contributed by atoms with van der Waals surface area (Å²) in [6.45, 7) is 8.68. The van der Waals surface area contributed by atoms with Crippen LogP contribution in [0.15, 0.2) is 24.3 Å². The molecular formula is C15H25ClN2. The molecule has 3 heteroatoms. The lowest BCUT2D eigenvalue weighted by Crippen LogP contribution is -2.35. The Kier molecular flexibility index (Phi) is 6.69. The third-order valence-corrected chi connectivity index (χ3v) is 3.97. The standard InChI is InChI=1S/C15H25ClN2/c1-5-12(2)18(4)11-10-17-13(3)14-8-6-7-9-15(14)16/h6-9,12-13,17H,5,10-11H2,1-4H3. The maximum Gasteiger partial charge on any atom is 0.0453 e. The van der Waals surface area contributed by atoms with Gasteiger partial charge in [0.15, 0.2) is 0 Å². The minimum absolute atomic E-state index is 0.295. The Balaban J connectivity index is 2.38. The van der Waals surface area contributed by atoms with Crippen LogP contribution in [-0.2, 0) is 0 Å². The first-order valence-electron chi connectivity index (χ1n) is 6.74. The minimum atomic E-state index is 0.295. The van der Waals surface area contributed by atoms with Gasteiger partial charge in [-0.1, -0.05) is 36.7 Å². The number of hydrogen-bond acceptors (Lipinski definition) is 2. The molecule has 18 heavy (non-hydrogen) atoms. The summed E-state index contributed by atoms with van der Waals surface area (Å²) in [6.07, 6.45) is 1.19. The molecule has 0 aliphatic heterocycles. The number of benzene rings is 1. The minimum Gasteiger partial charge on any atom is -0.309 e. The van der Waals surface area contributed by atoms with Crippen molar-refractivity contribution in [2.45, 2.75) is 39.3 Å². The number of nitrogens with zero attached hydrogens (tertiary/aromatic N) is 1. The van der Waals surface area contributed by atoms with Crippen molar-refractivity contribution in [1.82, 2.24) is 10.2 Å². The van der Waals surface area contributed by atoms with Gasteiger partial charge in [-0.15, -0.1) is 0 Å². The van der Waals surface area contributed by atoms with Crippen molar-refractivity contribution in [2.24, 2.45) is 0 Å². The van der Waals surface area contributed by atoms with Crippen LogP contribution >= 0.6 is 11.6 Å². The van der Waals surface area contributed by atoms with E-state index in [-0.39, 0.29) is 0 Å². The third kappa shape index (κ3) is 4.60. The maximum absolute atomic E-state index is 6.18. The number of halogens is 1. The van der Waals surface area contributed by atoms with Crippen molar-refractivity contribution in [2.75, 3.05) is 20.1 Å². The number of likely N-dealkylation sites (N-methyl/N-ethyl adjacent to an activating group) is 1. The lowest BCUT2D eigenvalue weighted by Gasteiger charge is -2.24. The molecule has 0 heterocycles. The van der Waals surface area contributed by atoms with Gasteiger partial charge in [-0.25, -0.2) is 0 Å². The monoisotopic (exact) mass is 268 g/mol. The Morgan fingerprint density at radius 1 is 1.28 bits per heavy atom. The van der Waals surface area contributed by atoms with E-state index in [2.05, 4.69) is 44.1 Å². The van der Waals surface area contributed by atoms with Gasteiger partial charge in [-0.2, -0.15) is 0 Å². The molecule has 0 aliphatic rings. The van der Waals surface area contributed by atoms with Crippen molar-refractivity contribution in [1.29, 1.82) is 0 Å². The summed E-state index contributed by atoms with van der Waals surface area (Å²) in [4.78, 5) is 2.38. The second kappa shape index (κ2) is 7.78. The predicted molar refractivity (Wildman–Crippen MR) is 80.3 cm³/mol. The summed E-state index contributed by atoms with van der Waals surface area (Å²) >= 11 is 6.18. The second-order valence-electron chi connectivity index (χ2n) is 4.94.